The molecular weight excluding hydrogens is 187 g/mol. The third-order valence-electron chi connectivity index (χ3n) is 1.96. The van der Waals surface area contributed by atoms with E-state index >= 15 is 0 Å². The molecule has 2 nitrogen and oxygen atoms in total. The highest BCUT2D eigenvalue weighted by Gasteiger charge is 2.36. The van der Waals surface area contributed by atoms with Gasteiger partial charge in [0.2, 0.25) is 0 Å². The summed E-state index contributed by atoms with van der Waals surface area (Å²) < 4.78 is 0. The van der Waals surface area contributed by atoms with Gasteiger partial charge in [0, 0.05) is 5.92 Å². The molecular formula is C7H10Cl2O2. The number of hydrogen-bond acceptors (Lipinski definition) is 1. The van der Waals surface area contributed by atoms with Crippen LogP contribution in [0.2, 0.25) is 0 Å². The number of carbonyl (C=O) groups is 1. The third-order valence-corrected chi connectivity index (χ3v) is 2.61. The van der Waals surface area contributed by atoms with Gasteiger partial charge in [0.05, 0.1) is 6.42 Å². The quantitative estimate of drug-likeness (QED) is 0.702. The molecule has 1 rings (SSSR count). The smallest absolute Gasteiger partial charge is 0.303 e. The first kappa shape index (κ1) is 9.14. The Kier molecular flexibility index (Phi) is 3.02. The second-order valence-corrected chi connectivity index (χ2v) is 4.10. The van der Waals surface area contributed by atoms with E-state index in [1.54, 1.807) is 0 Å². The van der Waals surface area contributed by atoms with Gasteiger partial charge in [0.1, 0.15) is 4.84 Å². The summed E-state index contributed by atoms with van der Waals surface area (Å²) in [6.45, 7) is 0. The van der Waals surface area contributed by atoms with Crippen molar-refractivity contribution in [3.8, 4) is 0 Å². The van der Waals surface area contributed by atoms with Crippen molar-refractivity contribution in [2.24, 2.45) is 11.8 Å². The van der Waals surface area contributed by atoms with E-state index in [-0.39, 0.29) is 12.3 Å². The van der Waals surface area contributed by atoms with Crippen LogP contribution in [0.5, 0.6) is 0 Å². The Labute approximate surface area is 75.5 Å². The predicted octanol–water partition coefficient (Wildman–Crippen LogP) is 2.29. The molecule has 1 N–H and O–H groups in total. The van der Waals surface area contributed by atoms with Crippen LogP contribution in [-0.2, 0) is 4.79 Å². The fraction of sp³-hybridized carbons (Fsp3) is 0.857. The van der Waals surface area contributed by atoms with E-state index in [0.717, 1.165) is 12.8 Å². The Hall–Kier alpha value is 0.0500. The molecule has 1 fully saturated rings. The highest BCUT2D eigenvalue weighted by molar-refractivity contribution is 6.44. The van der Waals surface area contributed by atoms with Crippen LogP contribution in [0.1, 0.15) is 19.3 Å². The van der Waals surface area contributed by atoms with Crippen molar-refractivity contribution in [1.29, 1.82) is 0 Å². The molecule has 0 bridgehead atoms. The first-order valence-electron chi connectivity index (χ1n) is 3.61. The topological polar surface area (TPSA) is 37.3 Å². The van der Waals surface area contributed by atoms with Crippen LogP contribution in [0.15, 0.2) is 0 Å². The fourth-order valence-electron chi connectivity index (χ4n) is 1.19. The molecule has 1 unspecified atom stereocenters. The SMILES string of the molecule is O=C(O)CC(C(Cl)Cl)C1CC1. The average Bonchev–Trinajstić information content (AvgIpc) is 2.63. The number of carboxylic acid groups (broad SMARTS) is 1. The number of halogens is 2. The van der Waals surface area contributed by atoms with Crippen LogP contribution >= 0.6 is 23.2 Å². The van der Waals surface area contributed by atoms with Gasteiger partial charge < -0.3 is 5.11 Å². The third kappa shape index (κ3) is 2.88. The zero-order chi connectivity index (χ0) is 8.43. The van der Waals surface area contributed by atoms with E-state index < -0.39 is 10.8 Å². The van der Waals surface area contributed by atoms with Gasteiger partial charge in [-0.15, -0.1) is 23.2 Å². The van der Waals surface area contributed by atoms with Crippen molar-refractivity contribution < 1.29 is 9.90 Å². The van der Waals surface area contributed by atoms with Crippen molar-refractivity contribution in [2.75, 3.05) is 0 Å². The lowest BCUT2D eigenvalue weighted by Gasteiger charge is -2.13. The van der Waals surface area contributed by atoms with Gasteiger partial charge >= 0.3 is 5.97 Å². The van der Waals surface area contributed by atoms with Gasteiger partial charge in [0.25, 0.3) is 0 Å². The van der Waals surface area contributed by atoms with E-state index in [0.29, 0.717) is 5.92 Å². The minimum absolute atomic E-state index is 0.0455. The first-order chi connectivity index (χ1) is 5.11. The maximum atomic E-state index is 10.3. The van der Waals surface area contributed by atoms with Crippen LogP contribution in [-0.4, -0.2) is 15.9 Å². The monoisotopic (exact) mass is 196 g/mol. The number of rotatable bonds is 4. The van der Waals surface area contributed by atoms with Crippen molar-refractivity contribution in [2.45, 2.75) is 24.1 Å². The molecule has 0 spiro atoms. The van der Waals surface area contributed by atoms with Crippen LogP contribution in [0.25, 0.3) is 0 Å². The second kappa shape index (κ2) is 3.63. The molecule has 1 saturated carbocycles. The number of carboxylic acids is 1. The van der Waals surface area contributed by atoms with E-state index in [4.69, 9.17) is 28.3 Å². The minimum atomic E-state index is -0.812. The summed E-state index contributed by atoms with van der Waals surface area (Å²) in [5, 5.41) is 8.49. The van der Waals surface area contributed by atoms with Gasteiger partial charge in [-0.3, -0.25) is 4.79 Å². The van der Waals surface area contributed by atoms with Gasteiger partial charge in [-0.1, -0.05) is 0 Å². The number of alkyl halides is 2. The summed E-state index contributed by atoms with van der Waals surface area (Å²) in [5.41, 5.74) is 0. The molecule has 11 heavy (non-hydrogen) atoms. The van der Waals surface area contributed by atoms with Crippen molar-refractivity contribution in [1.82, 2.24) is 0 Å². The highest BCUT2D eigenvalue weighted by atomic mass is 35.5. The Morgan fingerprint density at radius 3 is 2.36 bits per heavy atom. The zero-order valence-electron chi connectivity index (χ0n) is 5.96. The van der Waals surface area contributed by atoms with Crippen molar-refractivity contribution >= 4 is 29.2 Å². The lowest BCUT2D eigenvalue weighted by Crippen LogP contribution is -2.16. The van der Waals surface area contributed by atoms with E-state index in [2.05, 4.69) is 0 Å². The summed E-state index contributed by atoms with van der Waals surface area (Å²) >= 11 is 11.2. The van der Waals surface area contributed by atoms with Crippen molar-refractivity contribution in [3.63, 3.8) is 0 Å². The summed E-state index contributed by atoms with van der Waals surface area (Å²) in [7, 11) is 0. The fourth-order valence-corrected chi connectivity index (χ4v) is 1.78. The normalized spacial score (nSPS) is 20.3. The molecule has 0 saturated heterocycles. The van der Waals surface area contributed by atoms with Crippen LogP contribution in [0.4, 0.5) is 0 Å². The summed E-state index contributed by atoms with van der Waals surface area (Å²) in [6, 6.07) is 0. The van der Waals surface area contributed by atoms with Gasteiger partial charge in [-0.2, -0.15) is 0 Å². The van der Waals surface area contributed by atoms with E-state index in [1.807, 2.05) is 0 Å². The number of aliphatic carboxylic acids is 1. The lowest BCUT2D eigenvalue weighted by atomic mass is 10.0. The van der Waals surface area contributed by atoms with Crippen LogP contribution in [0, 0.1) is 11.8 Å². The van der Waals surface area contributed by atoms with Crippen LogP contribution < -0.4 is 0 Å². The Morgan fingerprint density at radius 1 is 1.55 bits per heavy atom. The van der Waals surface area contributed by atoms with Crippen molar-refractivity contribution in [3.05, 3.63) is 0 Å². The standard InChI is InChI=1S/C7H10Cl2O2/c8-7(9)5(3-6(10)11)4-1-2-4/h4-5,7H,1-3H2,(H,10,11). The Balaban J connectivity index is 2.38. The first-order valence-corrected chi connectivity index (χ1v) is 4.48. The highest BCUT2D eigenvalue weighted by Crippen LogP contribution is 2.42. The Morgan fingerprint density at radius 2 is 2.09 bits per heavy atom. The number of hydrogen-bond donors (Lipinski definition) is 1. The summed E-state index contributed by atoms with van der Waals surface area (Å²) in [5.74, 6) is -0.407. The molecule has 0 aromatic rings. The molecule has 0 radical (unpaired) electrons. The lowest BCUT2D eigenvalue weighted by molar-refractivity contribution is -0.138. The summed E-state index contributed by atoms with van der Waals surface area (Å²) in [4.78, 5) is 9.80. The zero-order valence-corrected chi connectivity index (χ0v) is 7.48. The molecule has 64 valence electrons. The molecule has 1 aliphatic carbocycles. The molecule has 1 atom stereocenters. The van der Waals surface area contributed by atoms with E-state index in [9.17, 15) is 4.79 Å². The summed E-state index contributed by atoms with van der Waals surface area (Å²) in [6.07, 6.45) is 2.25. The van der Waals surface area contributed by atoms with Gasteiger partial charge in [-0.05, 0) is 18.8 Å². The molecule has 0 amide bonds. The molecule has 0 aromatic carbocycles. The van der Waals surface area contributed by atoms with E-state index in [1.165, 1.54) is 0 Å². The molecule has 4 heteroatoms. The van der Waals surface area contributed by atoms with Gasteiger partial charge in [-0.25, -0.2) is 0 Å². The van der Waals surface area contributed by atoms with Gasteiger partial charge in [0.15, 0.2) is 0 Å². The maximum Gasteiger partial charge on any atom is 0.303 e. The average molecular weight is 197 g/mol. The maximum absolute atomic E-state index is 10.3. The molecule has 1 aliphatic rings. The molecule has 0 aromatic heterocycles. The molecule has 0 heterocycles. The largest absolute Gasteiger partial charge is 0.481 e. The predicted molar refractivity (Wildman–Crippen MR) is 44.0 cm³/mol. The molecule has 0 aliphatic heterocycles. The Bertz CT molecular complexity index is 153. The minimum Gasteiger partial charge on any atom is -0.481 e. The second-order valence-electron chi connectivity index (χ2n) is 2.93. The van der Waals surface area contributed by atoms with Crippen LogP contribution in [0.3, 0.4) is 0 Å².